The van der Waals surface area contributed by atoms with Crippen molar-refractivity contribution in [2.24, 2.45) is 0 Å². The maximum absolute atomic E-state index is 12.6. The Morgan fingerprint density at radius 3 is 2.26 bits per heavy atom. The largest absolute Gasteiger partial charge is 0.492 e. The molecular formula is C21H28N2O3S. The van der Waals surface area contributed by atoms with Gasteiger partial charge in [0.2, 0.25) is 10.0 Å². The van der Waals surface area contributed by atoms with Crippen LogP contribution in [0, 0.1) is 6.92 Å². The number of ether oxygens (including phenoxy) is 1. The number of hydrogen-bond acceptors (Lipinski definition) is 4. The summed E-state index contributed by atoms with van der Waals surface area (Å²) >= 11 is 0. The Hall–Kier alpha value is -1.89. The van der Waals surface area contributed by atoms with Gasteiger partial charge >= 0.3 is 0 Å². The van der Waals surface area contributed by atoms with Gasteiger partial charge in [0.15, 0.2) is 0 Å². The smallest absolute Gasteiger partial charge is 0.214 e. The molecule has 1 heterocycles. The molecule has 146 valence electrons. The highest BCUT2D eigenvalue weighted by Gasteiger charge is 2.26. The summed E-state index contributed by atoms with van der Waals surface area (Å²) < 4.78 is 32.6. The first kappa shape index (κ1) is 19.9. The van der Waals surface area contributed by atoms with Gasteiger partial charge < -0.3 is 4.74 Å². The van der Waals surface area contributed by atoms with Crippen molar-refractivity contribution in [2.45, 2.75) is 13.3 Å². The van der Waals surface area contributed by atoms with Gasteiger partial charge in [-0.3, -0.25) is 4.90 Å². The Bertz CT molecular complexity index is 799. The van der Waals surface area contributed by atoms with Crippen molar-refractivity contribution in [3.8, 4) is 5.75 Å². The maximum atomic E-state index is 12.6. The number of rotatable bonds is 8. The highest BCUT2D eigenvalue weighted by atomic mass is 32.2. The first-order chi connectivity index (χ1) is 13.0. The van der Waals surface area contributed by atoms with E-state index >= 15 is 0 Å². The van der Waals surface area contributed by atoms with E-state index in [1.54, 1.807) is 4.31 Å². The summed E-state index contributed by atoms with van der Waals surface area (Å²) in [5, 5.41) is 0. The average Bonchev–Trinajstić information content (AvgIpc) is 2.69. The molecule has 0 saturated carbocycles. The van der Waals surface area contributed by atoms with Gasteiger partial charge in [0.05, 0.1) is 5.75 Å². The van der Waals surface area contributed by atoms with Crippen molar-refractivity contribution < 1.29 is 13.2 Å². The number of benzene rings is 2. The van der Waals surface area contributed by atoms with Crippen molar-refractivity contribution in [1.82, 2.24) is 9.21 Å². The number of piperazine rings is 1. The summed E-state index contributed by atoms with van der Waals surface area (Å²) in [7, 11) is -3.20. The summed E-state index contributed by atoms with van der Waals surface area (Å²) in [6, 6.07) is 17.8. The number of nitrogens with zero attached hydrogens (tertiary/aromatic N) is 2. The van der Waals surface area contributed by atoms with Gasteiger partial charge in [0.25, 0.3) is 0 Å². The van der Waals surface area contributed by atoms with Crippen molar-refractivity contribution in [1.29, 1.82) is 0 Å². The number of aryl methyl sites for hydroxylation is 2. The van der Waals surface area contributed by atoms with Gasteiger partial charge in [-0.2, -0.15) is 4.31 Å². The van der Waals surface area contributed by atoms with E-state index in [1.165, 1.54) is 5.56 Å². The Morgan fingerprint density at radius 2 is 1.59 bits per heavy atom. The molecule has 0 N–H and O–H groups in total. The summed E-state index contributed by atoms with van der Waals surface area (Å²) in [6.45, 7) is 6.10. The first-order valence-electron chi connectivity index (χ1n) is 9.46. The van der Waals surface area contributed by atoms with E-state index in [0.717, 1.165) is 30.9 Å². The molecule has 2 aromatic carbocycles. The first-order valence-corrected chi connectivity index (χ1v) is 11.1. The van der Waals surface area contributed by atoms with Gasteiger partial charge in [0.1, 0.15) is 12.4 Å². The zero-order valence-electron chi connectivity index (χ0n) is 15.9. The fraction of sp³-hybridized carbons (Fsp3) is 0.429. The minimum atomic E-state index is -3.20. The molecule has 1 aliphatic rings. The molecule has 0 unspecified atom stereocenters. The van der Waals surface area contributed by atoms with Crippen LogP contribution in [0.15, 0.2) is 54.6 Å². The van der Waals surface area contributed by atoms with Crippen LogP contribution in [0.5, 0.6) is 5.75 Å². The third-order valence-electron chi connectivity index (χ3n) is 4.91. The fourth-order valence-electron chi connectivity index (χ4n) is 3.18. The normalized spacial score (nSPS) is 16.3. The monoisotopic (exact) mass is 388 g/mol. The molecule has 6 heteroatoms. The number of sulfonamides is 1. The molecule has 0 aliphatic carbocycles. The van der Waals surface area contributed by atoms with Crippen molar-refractivity contribution in [3.63, 3.8) is 0 Å². The van der Waals surface area contributed by atoms with Gasteiger partial charge in [-0.25, -0.2) is 8.42 Å². The minimum absolute atomic E-state index is 0.174. The predicted octanol–water partition coefficient (Wildman–Crippen LogP) is 2.56. The van der Waals surface area contributed by atoms with Crippen molar-refractivity contribution >= 4 is 10.0 Å². The van der Waals surface area contributed by atoms with Crippen molar-refractivity contribution in [3.05, 3.63) is 65.7 Å². The van der Waals surface area contributed by atoms with Crippen LogP contribution in [-0.2, 0) is 16.4 Å². The quantitative estimate of drug-likeness (QED) is 0.697. The summed E-state index contributed by atoms with van der Waals surface area (Å²) in [6.07, 6.45) is 0.563. The van der Waals surface area contributed by atoms with E-state index in [9.17, 15) is 8.42 Å². The molecule has 0 amide bonds. The second-order valence-corrected chi connectivity index (χ2v) is 9.04. The second kappa shape index (κ2) is 9.35. The molecule has 0 radical (unpaired) electrons. The molecule has 1 aliphatic heterocycles. The van der Waals surface area contributed by atoms with Crippen LogP contribution in [0.25, 0.3) is 0 Å². The van der Waals surface area contributed by atoms with E-state index in [0.29, 0.717) is 26.1 Å². The summed E-state index contributed by atoms with van der Waals surface area (Å²) in [4.78, 5) is 2.26. The molecule has 1 saturated heterocycles. The predicted molar refractivity (Wildman–Crippen MR) is 109 cm³/mol. The van der Waals surface area contributed by atoms with Crippen LogP contribution < -0.4 is 4.74 Å². The third-order valence-corrected chi connectivity index (χ3v) is 6.79. The summed E-state index contributed by atoms with van der Waals surface area (Å²) in [5.41, 5.74) is 2.28. The Kier molecular flexibility index (Phi) is 6.88. The molecule has 27 heavy (non-hydrogen) atoms. The molecule has 0 aromatic heterocycles. The maximum Gasteiger partial charge on any atom is 0.214 e. The van der Waals surface area contributed by atoms with Crippen LogP contribution in [0.1, 0.15) is 11.1 Å². The zero-order chi connectivity index (χ0) is 19.1. The van der Waals surface area contributed by atoms with Crippen LogP contribution in [0.2, 0.25) is 0 Å². The lowest BCUT2D eigenvalue weighted by molar-refractivity contribution is 0.159. The lowest BCUT2D eigenvalue weighted by Gasteiger charge is -2.33. The minimum Gasteiger partial charge on any atom is -0.492 e. The highest BCUT2D eigenvalue weighted by Crippen LogP contribution is 2.13. The topological polar surface area (TPSA) is 49.9 Å². The summed E-state index contributed by atoms with van der Waals surface area (Å²) in [5.74, 6) is 1.05. The van der Waals surface area contributed by atoms with E-state index in [2.05, 4.69) is 11.8 Å². The lowest BCUT2D eigenvalue weighted by Crippen LogP contribution is -2.50. The molecule has 0 spiro atoms. The molecule has 5 nitrogen and oxygen atoms in total. The van der Waals surface area contributed by atoms with Gasteiger partial charge in [0, 0.05) is 32.7 Å². The van der Waals surface area contributed by atoms with Gasteiger partial charge in [-0.1, -0.05) is 48.0 Å². The number of hydrogen-bond donors (Lipinski definition) is 0. The van der Waals surface area contributed by atoms with Crippen LogP contribution in [-0.4, -0.2) is 62.7 Å². The third kappa shape index (κ3) is 6.06. The zero-order valence-corrected chi connectivity index (χ0v) is 16.7. The molecule has 2 aromatic rings. The Morgan fingerprint density at radius 1 is 0.926 bits per heavy atom. The highest BCUT2D eigenvalue weighted by molar-refractivity contribution is 7.89. The van der Waals surface area contributed by atoms with Crippen LogP contribution in [0.3, 0.4) is 0 Å². The van der Waals surface area contributed by atoms with E-state index in [-0.39, 0.29) is 5.75 Å². The SMILES string of the molecule is Cc1ccc(OCCN2CCN(S(=O)(=O)CCc3ccccc3)CC2)cc1. The standard InChI is InChI=1S/C21H28N2O3S/c1-19-7-9-21(10-8-19)26-17-16-22-12-14-23(15-13-22)27(24,25)18-11-20-5-3-2-4-6-20/h2-10H,11-18H2,1H3. The molecule has 1 fully saturated rings. The van der Waals surface area contributed by atoms with Crippen LogP contribution in [0.4, 0.5) is 0 Å². The fourth-order valence-corrected chi connectivity index (χ4v) is 4.65. The van der Waals surface area contributed by atoms with Crippen LogP contribution >= 0.6 is 0 Å². The van der Waals surface area contributed by atoms with Gasteiger partial charge in [-0.05, 0) is 31.0 Å². The van der Waals surface area contributed by atoms with E-state index < -0.39 is 10.0 Å². The Balaban J connectivity index is 1.39. The van der Waals surface area contributed by atoms with E-state index in [1.807, 2.05) is 54.6 Å². The van der Waals surface area contributed by atoms with Gasteiger partial charge in [-0.15, -0.1) is 0 Å². The molecule has 0 atom stereocenters. The second-order valence-electron chi connectivity index (χ2n) is 6.95. The molecule has 3 rings (SSSR count). The molecular weight excluding hydrogens is 360 g/mol. The average molecular weight is 389 g/mol. The Labute approximate surface area is 162 Å². The van der Waals surface area contributed by atoms with E-state index in [4.69, 9.17) is 4.74 Å². The van der Waals surface area contributed by atoms with Crippen molar-refractivity contribution in [2.75, 3.05) is 45.1 Å². The lowest BCUT2D eigenvalue weighted by atomic mass is 10.2. The molecule has 0 bridgehead atoms.